The normalized spacial score (nSPS) is 15.8. The van der Waals surface area contributed by atoms with Crippen LogP contribution in [-0.2, 0) is 9.53 Å². The fraction of sp³-hybridized carbons (Fsp3) is 0.348. The maximum atomic E-state index is 12.7. The van der Waals surface area contributed by atoms with E-state index in [9.17, 15) is 4.79 Å². The third kappa shape index (κ3) is 5.82. The van der Waals surface area contributed by atoms with Crippen LogP contribution in [0.2, 0.25) is 0 Å². The Hall–Kier alpha value is -2.83. The summed E-state index contributed by atoms with van der Waals surface area (Å²) in [7, 11) is 3.18. The van der Waals surface area contributed by atoms with Crippen LogP contribution in [0.25, 0.3) is 6.08 Å². The molecule has 0 aromatic heterocycles. The van der Waals surface area contributed by atoms with Gasteiger partial charge >= 0.3 is 0 Å². The molecule has 0 saturated carbocycles. The number of quaternary nitrogens is 1. The molecule has 1 atom stereocenters. The molecule has 6 nitrogen and oxygen atoms in total. The Labute approximate surface area is 172 Å². The fourth-order valence-corrected chi connectivity index (χ4v) is 3.52. The Morgan fingerprint density at radius 1 is 1.10 bits per heavy atom. The molecule has 154 valence electrons. The largest absolute Gasteiger partial charge is 0.493 e. The van der Waals surface area contributed by atoms with Crippen LogP contribution in [-0.4, -0.2) is 53.0 Å². The number of ether oxygens (including phenoxy) is 3. The summed E-state index contributed by atoms with van der Waals surface area (Å²) in [6.45, 7) is 4.27. The molecule has 1 fully saturated rings. The van der Waals surface area contributed by atoms with Crippen LogP contribution in [0.1, 0.15) is 17.2 Å². The van der Waals surface area contributed by atoms with Crippen LogP contribution < -0.4 is 19.7 Å². The van der Waals surface area contributed by atoms with Crippen LogP contribution in [0.4, 0.5) is 0 Å². The first-order valence-corrected chi connectivity index (χ1v) is 9.87. The minimum atomic E-state index is -0.142. The first-order valence-electron chi connectivity index (χ1n) is 9.87. The van der Waals surface area contributed by atoms with Crippen LogP contribution in [0, 0.1) is 0 Å². The topological polar surface area (TPSA) is 61.2 Å². The summed E-state index contributed by atoms with van der Waals surface area (Å²) in [4.78, 5) is 14.1. The predicted octanol–water partition coefficient (Wildman–Crippen LogP) is 1.49. The zero-order chi connectivity index (χ0) is 20.5. The molecular formula is C23H29N2O4+. The molecule has 0 unspecified atom stereocenters. The average molecular weight is 397 g/mol. The maximum Gasteiger partial charge on any atom is 0.244 e. The van der Waals surface area contributed by atoms with Gasteiger partial charge in [0.25, 0.3) is 0 Å². The Morgan fingerprint density at radius 2 is 1.86 bits per heavy atom. The summed E-state index contributed by atoms with van der Waals surface area (Å²) in [5, 5.41) is 3.16. The number of hydrogen-bond donors (Lipinski definition) is 2. The lowest BCUT2D eigenvalue weighted by Crippen LogP contribution is -3.14. The molecule has 2 N–H and O–H groups in total. The predicted molar refractivity (Wildman–Crippen MR) is 112 cm³/mol. The second-order valence-corrected chi connectivity index (χ2v) is 6.95. The molecule has 0 bridgehead atoms. The number of benzene rings is 2. The smallest absolute Gasteiger partial charge is 0.244 e. The van der Waals surface area contributed by atoms with Gasteiger partial charge in [0.05, 0.1) is 27.4 Å². The summed E-state index contributed by atoms with van der Waals surface area (Å²) in [5.74, 6) is 1.10. The zero-order valence-corrected chi connectivity index (χ0v) is 17.0. The molecule has 1 aliphatic heterocycles. The second-order valence-electron chi connectivity index (χ2n) is 6.95. The lowest BCUT2D eigenvalue weighted by molar-refractivity contribution is -0.909. The van der Waals surface area contributed by atoms with Gasteiger partial charge in [-0.05, 0) is 17.7 Å². The van der Waals surface area contributed by atoms with E-state index >= 15 is 0 Å². The van der Waals surface area contributed by atoms with Gasteiger partial charge in [0.1, 0.15) is 25.7 Å². The standard InChI is InChI=1S/C23H28N2O4/c1-27-21-10-6-9-19(23(21)28-2)11-12-22(26)24-20(18-7-4-3-5-8-18)17-25-13-15-29-16-14-25/h3-12,20H,13-17H2,1-2H3,(H,24,26)/p+1/b12-11+/t20-/m1/s1. The third-order valence-corrected chi connectivity index (χ3v) is 5.06. The zero-order valence-electron chi connectivity index (χ0n) is 17.0. The van der Waals surface area contributed by atoms with E-state index in [1.54, 1.807) is 26.4 Å². The molecule has 3 rings (SSSR count). The SMILES string of the molecule is COc1cccc(/C=C/C(=O)N[C@H](C[NH+]2CCOCC2)c2ccccc2)c1OC. The average Bonchev–Trinajstić information content (AvgIpc) is 2.78. The molecule has 0 aliphatic carbocycles. The molecule has 0 spiro atoms. The second kappa shape index (κ2) is 10.6. The Balaban J connectivity index is 1.72. The fourth-order valence-electron chi connectivity index (χ4n) is 3.52. The highest BCUT2D eigenvalue weighted by Crippen LogP contribution is 2.31. The number of para-hydroxylation sites is 1. The van der Waals surface area contributed by atoms with E-state index in [0.717, 1.165) is 44.0 Å². The van der Waals surface area contributed by atoms with Crippen molar-refractivity contribution in [3.63, 3.8) is 0 Å². The van der Waals surface area contributed by atoms with E-state index in [4.69, 9.17) is 14.2 Å². The molecule has 2 aromatic rings. The van der Waals surface area contributed by atoms with Crippen molar-refractivity contribution in [3.8, 4) is 11.5 Å². The molecule has 1 amide bonds. The van der Waals surface area contributed by atoms with Crippen molar-refractivity contribution in [1.29, 1.82) is 0 Å². The van der Waals surface area contributed by atoms with Crippen molar-refractivity contribution in [1.82, 2.24) is 5.32 Å². The van der Waals surface area contributed by atoms with E-state index in [-0.39, 0.29) is 11.9 Å². The van der Waals surface area contributed by atoms with Gasteiger partial charge in [-0.15, -0.1) is 0 Å². The minimum absolute atomic E-state index is 0.0614. The summed E-state index contributed by atoms with van der Waals surface area (Å²) in [6.07, 6.45) is 3.29. The van der Waals surface area contributed by atoms with Gasteiger partial charge in [0.15, 0.2) is 11.5 Å². The molecule has 1 heterocycles. The number of nitrogens with one attached hydrogen (secondary N) is 2. The van der Waals surface area contributed by atoms with E-state index in [1.807, 2.05) is 36.4 Å². The van der Waals surface area contributed by atoms with E-state index in [0.29, 0.717) is 11.5 Å². The molecule has 6 heteroatoms. The van der Waals surface area contributed by atoms with Gasteiger partial charge in [-0.2, -0.15) is 0 Å². The number of methoxy groups -OCH3 is 2. The van der Waals surface area contributed by atoms with Gasteiger partial charge in [0.2, 0.25) is 5.91 Å². The molecule has 1 saturated heterocycles. The van der Waals surface area contributed by atoms with Gasteiger partial charge < -0.3 is 24.4 Å². The number of hydrogen-bond acceptors (Lipinski definition) is 4. The van der Waals surface area contributed by atoms with Gasteiger partial charge in [-0.1, -0.05) is 42.5 Å². The number of amides is 1. The van der Waals surface area contributed by atoms with Crippen LogP contribution in [0.5, 0.6) is 11.5 Å². The number of rotatable bonds is 8. The van der Waals surface area contributed by atoms with Gasteiger partial charge in [-0.3, -0.25) is 4.79 Å². The highest BCUT2D eigenvalue weighted by atomic mass is 16.5. The van der Waals surface area contributed by atoms with Crippen molar-refractivity contribution in [3.05, 3.63) is 65.7 Å². The monoisotopic (exact) mass is 397 g/mol. The van der Waals surface area contributed by atoms with Crippen molar-refractivity contribution < 1.29 is 23.9 Å². The summed E-state index contributed by atoms with van der Waals surface area (Å²) in [5.41, 5.74) is 1.89. The van der Waals surface area contributed by atoms with Crippen LogP contribution >= 0.6 is 0 Å². The highest BCUT2D eigenvalue weighted by molar-refractivity contribution is 5.92. The maximum absolute atomic E-state index is 12.7. The molecular weight excluding hydrogens is 368 g/mol. The van der Waals surface area contributed by atoms with Crippen molar-refractivity contribution in [2.75, 3.05) is 47.1 Å². The Morgan fingerprint density at radius 3 is 2.55 bits per heavy atom. The number of morpholine rings is 1. The Kier molecular flexibility index (Phi) is 7.67. The quantitative estimate of drug-likeness (QED) is 0.663. The van der Waals surface area contributed by atoms with E-state index in [2.05, 4.69) is 17.4 Å². The van der Waals surface area contributed by atoms with E-state index in [1.165, 1.54) is 4.90 Å². The highest BCUT2D eigenvalue weighted by Gasteiger charge is 2.22. The first kappa shape index (κ1) is 20.9. The molecule has 0 radical (unpaired) electrons. The summed E-state index contributed by atoms with van der Waals surface area (Å²) < 4.78 is 16.2. The summed E-state index contributed by atoms with van der Waals surface area (Å²) >= 11 is 0. The third-order valence-electron chi connectivity index (χ3n) is 5.06. The van der Waals surface area contributed by atoms with Crippen molar-refractivity contribution in [2.24, 2.45) is 0 Å². The van der Waals surface area contributed by atoms with Crippen molar-refractivity contribution >= 4 is 12.0 Å². The van der Waals surface area contributed by atoms with Crippen LogP contribution in [0.15, 0.2) is 54.6 Å². The lowest BCUT2D eigenvalue weighted by atomic mass is 10.1. The number of carbonyl (C=O) groups excluding carboxylic acids is 1. The minimum Gasteiger partial charge on any atom is -0.493 e. The first-order chi connectivity index (χ1) is 14.2. The van der Waals surface area contributed by atoms with Gasteiger partial charge in [-0.25, -0.2) is 0 Å². The molecule has 2 aromatic carbocycles. The lowest BCUT2D eigenvalue weighted by Gasteiger charge is -2.28. The van der Waals surface area contributed by atoms with Crippen LogP contribution in [0.3, 0.4) is 0 Å². The van der Waals surface area contributed by atoms with Gasteiger partial charge in [0, 0.05) is 11.6 Å². The van der Waals surface area contributed by atoms with Crippen molar-refractivity contribution in [2.45, 2.75) is 6.04 Å². The number of carbonyl (C=O) groups is 1. The summed E-state index contributed by atoms with van der Waals surface area (Å²) in [6, 6.07) is 15.6. The molecule has 29 heavy (non-hydrogen) atoms. The molecule has 1 aliphatic rings. The Bertz CT molecular complexity index is 817. The van der Waals surface area contributed by atoms with E-state index < -0.39 is 0 Å².